The summed E-state index contributed by atoms with van der Waals surface area (Å²) in [4.78, 5) is 0.321. The molecule has 0 saturated carbocycles. The van der Waals surface area contributed by atoms with Gasteiger partial charge in [-0.15, -0.1) is 0 Å². The van der Waals surface area contributed by atoms with Gasteiger partial charge in [-0.05, 0) is 48.6 Å². The van der Waals surface area contributed by atoms with Crippen molar-refractivity contribution in [2.75, 3.05) is 12.8 Å². The zero-order chi connectivity index (χ0) is 17.4. The van der Waals surface area contributed by atoms with E-state index < -0.39 is 15.4 Å². The first-order valence-corrected chi connectivity index (χ1v) is 10.0. The minimum atomic E-state index is -3.17. The summed E-state index contributed by atoms with van der Waals surface area (Å²) in [7, 11) is -3.17. The molecule has 2 N–H and O–H groups in total. The Bertz CT molecular complexity index is 830. The number of hydrogen-bond acceptors (Lipinski definition) is 4. The third-order valence-electron chi connectivity index (χ3n) is 4.84. The van der Waals surface area contributed by atoms with Crippen LogP contribution in [0.5, 0.6) is 0 Å². The van der Waals surface area contributed by atoms with Gasteiger partial charge in [0.05, 0.1) is 4.90 Å². The van der Waals surface area contributed by atoms with Crippen molar-refractivity contribution in [1.29, 1.82) is 0 Å². The summed E-state index contributed by atoms with van der Waals surface area (Å²) in [5.41, 5.74) is 2.39. The molecule has 0 unspecified atom stereocenters. The number of aryl methyl sites for hydroxylation is 1. The topological polar surface area (TPSA) is 66.4 Å². The van der Waals surface area contributed by atoms with Gasteiger partial charge in [-0.25, -0.2) is 8.42 Å². The molecule has 0 aromatic heterocycles. The molecule has 0 radical (unpaired) electrons. The number of nitrogens with one attached hydrogen (secondary N) is 1. The Morgan fingerprint density at radius 1 is 1.17 bits per heavy atom. The molecule has 4 nitrogen and oxygen atoms in total. The molecule has 2 aromatic rings. The highest BCUT2D eigenvalue weighted by atomic mass is 32.2. The standard InChI is InChI=1S/C19H23NO3S/c1-14(15-7-9-17(10-8-15)24(2,22)23)20-13-19(21)12-11-16-5-3-4-6-18(16)19/h3-10,14,20-21H,11-13H2,1-2H3/t14-,19-/m0/s1. The van der Waals surface area contributed by atoms with E-state index in [0.717, 1.165) is 24.0 Å². The van der Waals surface area contributed by atoms with Crippen LogP contribution < -0.4 is 5.32 Å². The van der Waals surface area contributed by atoms with Gasteiger partial charge in [0, 0.05) is 18.8 Å². The number of rotatable bonds is 5. The number of hydrogen-bond donors (Lipinski definition) is 2. The molecule has 24 heavy (non-hydrogen) atoms. The second-order valence-electron chi connectivity index (χ2n) is 6.63. The van der Waals surface area contributed by atoms with Gasteiger partial charge in [0.15, 0.2) is 9.84 Å². The fourth-order valence-corrected chi connectivity index (χ4v) is 3.93. The molecule has 0 saturated heterocycles. The van der Waals surface area contributed by atoms with Gasteiger partial charge in [0.2, 0.25) is 0 Å². The Kier molecular flexibility index (Phi) is 4.51. The van der Waals surface area contributed by atoms with E-state index in [4.69, 9.17) is 0 Å². The van der Waals surface area contributed by atoms with Gasteiger partial charge in [0.25, 0.3) is 0 Å². The molecule has 2 atom stereocenters. The molecular formula is C19H23NO3S. The molecular weight excluding hydrogens is 322 g/mol. The molecule has 1 aliphatic rings. The highest BCUT2D eigenvalue weighted by Crippen LogP contribution is 2.36. The van der Waals surface area contributed by atoms with Crippen LogP contribution in [0, 0.1) is 0 Å². The van der Waals surface area contributed by atoms with Crippen LogP contribution in [-0.2, 0) is 21.9 Å². The van der Waals surface area contributed by atoms with E-state index in [2.05, 4.69) is 11.4 Å². The number of sulfone groups is 1. The van der Waals surface area contributed by atoms with Crippen LogP contribution in [0.1, 0.15) is 36.1 Å². The van der Waals surface area contributed by atoms with E-state index in [1.165, 1.54) is 11.8 Å². The van der Waals surface area contributed by atoms with Gasteiger partial charge < -0.3 is 10.4 Å². The van der Waals surface area contributed by atoms with Crippen molar-refractivity contribution in [3.8, 4) is 0 Å². The van der Waals surface area contributed by atoms with E-state index >= 15 is 0 Å². The lowest BCUT2D eigenvalue weighted by Gasteiger charge is -2.27. The molecule has 0 aliphatic heterocycles. The Balaban J connectivity index is 1.69. The van der Waals surface area contributed by atoms with Crippen molar-refractivity contribution < 1.29 is 13.5 Å². The van der Waals surface area contributed by atoms with Gasteiger partial charge in [0.1, 0.15) is 5.60 Å². The maximum Gasteiger partial charge on any atom is 0.175 e. The van der Waals surface area contributed by atoms with Gasteiger partial charge in [-0.1, -0.05) is 36.4 Å². The third-order valence-corrected chi connectivity index (χ3v) is 5.96. The number of aliphatic hydroxyl groups is 1. The average Bonchev–Trinajstić information content (AvgIpc) is 2.90. The van der Waals surface area contributed by atoms with Crippen LogP contribution in [-0.4, -0.2) is 26.3 Å². The van der Waals surface area contributed by atoms with Crippen molar-refractivity contribution >= 4 is 9.84 Å². The Morgan fingerprint density at radius 2 is 1.83 bits per heavy atom. The summed E-state index contributed by atoms with van der Waals surface area (Å²) in [6.45, 7) is 2.48. The molecule has 5 heteroatoms. The quantitative estimate of drug-likeness (QED) is 0.874. The fourth-order valence-electron chi connectivity index (χ4n) is 3.30. The zero-order valence-corrected chi connectivity index (χ0v) is 14.8. The molecule has 0 fully saturated rings. The fraction of sp³-hybridized carbons (Fsp3) is 0.368. The largest absolute Gasteiger partial charge is 0.384 e. The Labute approximate surface area is 143 Å². The van der Waals surface area contributed by atoms with Crippen LogP contribution in [0.3, 0.4) is 0 Å². The minimum absolute atomic E-state index is 0.0235. The summed E-state index contributed by atoms with van der Waals surface area (Å²) in [5.74, 6) is 0. The van der Waals surface area contributed by atoms with Crippen LogP contribution >= 0.6 is 0 Å². The van der Waals surface area contributed by atoms with Gasteiger partial charge >= 0.3 is 0 Å². The van der Waals surface area contributed by atoms with E-state index in [9.17, 15) is 13.5 Å². The second kappa shape index (κ2) is 6.31. The maximum atomic E-state index is 11.5. The molecule has 0 heterocycles. The zero-order valence-electron chi connectivity index (χ0n) is 14.0. The van der Waals surface area contributed by atoms with Crippen LogP contribution in [0.25, 0.3) is 0 Å². The third kappa shape index (κ3) is 3.38. The molecule has 128 valence electrons. The molecule has 2 aromatic carbocycles. The molecule has 0 spiro atoms. The first kappa shape index (κ1) is 17.1. The molecule has 1 aliphatic carbocycles. The van der Waals surface area contributed by atoms with Crippen molar-refractivity contribution in [2.24, 2.45) is 0 Å². The van der Waals surface area contributed by atoms with Crippen molar-refractivity contribution in [2.45, 2.75) is 36.3 Å². The Hall–Kier alpha value is -1.69. The van der Waals surface area contributed by atoms with Crippen LogP contribution in [0.15, 0.2) is 53.4 Å². The molecule has 0 bridgehead atoms. The highest BCUT2D eigenvalue weighted by molar-refractivity contribution is 7.90. The van der Waals surface area contributed by atoms with E-state index in [1.807, 2.05) is 37.3 Å². The van der Waals surface area contributed by atoms with Gasteiger partial charge in [-0.3, -0.25) is 0 Å². The van der Waals surface area contributed by atoms with E-state index in [1.54, 1.807) is 12.1 Å². The first-order valence-electron chi connectivity index (χ1n) is 8.14. The normalized spacial score (nSPS) is 21.5. The van der Waals surface area contributed by atoms with Crippen LogP contribution in [0.2, 0.25) is 0 Å². The minimum Gasteiger partial charge on any atom is -0.384 e. The number of benzene rings is 2. The smallest absolute Gasteiger partial charge is 0.175 e. The summed E-state index contributed by atoms with van der Waals surface area (Å²) in [6.07, 6.45) is 2.82. The van der Waals surface area contributed by atoms with Crippen molar-refractivity contribution in [3.05, 3.63) is 65.2 Å². The van der Waals surface area contributed by atoms with E-state index in [-0.39, 0.29) is 6.04 Å². The summed E-state index contributed by atoms with van der Waals surface area (Å²) < 4.78 is 23.0. The summed E-state index contributed by atoms with van der Waals surface area (Å²) in [5, 5.41) is 14.3. The van der Waals surface area contributed by atoms with Crippen molar-refractivity contribution in [1.82, 2.24) is 5.32 Å². The number of fused-ring (bicyclic) bond motifs is 1. The van der Waals surface area contributed by atoms with Crippen LogP contribution in [0.4, 0.5) is 0 Å². The second-order valence-corrected chi connectivity index (χ2v) is 8.65. The lowest BCUT2D eigenvalue weighted by Crippen LogP contribution is -2.37. The first-order chi connectivity index (χ1) is 11.3. The SMILES string of the molecule is C[C@H](NC[C@@]1(O)CCc2ccccc21)c1ccc(S(C)(=O)=O)cc1. The maximum absolute atomic E-state index is 11.5. The summed E-state index contributed by atoms with van der Waals surface area (Å²) in [6, 6.07) is 14.9. The van der Waals surface area contributed by atoms with Gasteiger partial charge in [-0.2, -0.15) is 0 Å². The molecule has 3 rings (SSSR count). The van der Waals surface area contributed by atoms with Crippen molar-refractivity contribution in [3.63, 3.8) is 0 Å². The highest BCUT2D eigenvalue weighted by Gasteiger charge is 2.36. The lowest BCUT2D eigenvalue weighted by atomic mass is 9.95. The predicted molar refractivity (Wildman–Crippen MR) is 94.6 cm³/mol. The predicted octanol–water partition coefficient (Wildman–Crippen LogP) is 2.57. The monoisotopic (exact) mass is 345 g/mol. The summed E-state index contributed by atoms with van der Waals surface area (Å²) >= 11 is 0. The molecule has 0 amide bonds. The Morgan fingerprint density at radius 3 is 2.50 bits per heavy atom. The van der Waals surface area contributed by atoms with E-state index in [0.29, 0.717) is 11.4 Å². The lowest BCUT2D eigenvalue weighted by molar-refractivity contribution is 0.0363. The average molecular weight is 345 g/mol.